The minimum absolute atomic E-state index is 0.272. The van der Waals surface area contributed by atoms with E-state index in [2.05, 4.69) is 33.9 Å². The molecule has 3 atom stereocenters. The van der Waals surface area contributed by atoms with Crippen molar-refractivity contribution in [2.24, 2.45) is 17.8 Å². The van der Waals surface area contributed by atoms with Gasteiger partial charge in [-0.05, 0) is 42.8 Å². The SMILES string of the molecule is CC(C)(C)[Si](C)(C)OC[C@H]1C[C@H]2CC(=O)[C@@H]1C2. The molecule has 2 nitrogen and oxygen atoms in total. The number of carbonyl (C=O) groups excluding carboxylic acids is 1. The summed E-state index contributed by atoms with van der Waals surface area (Å²) >= 11 is 0. The van der Waals surface area contributed by atoms with Crippen LogP contribution in [0.15, 0.2) is 0 Å². The molecule has 2 aliphatic rings. The summed E-state index contributed by atoms with van der Waals surface area (Å²) in [6, 6.07) is 0. The van der Waals surface area contributed by atoms with Gasteiger partial charge < -0.3 is 4.43 Å². The third-order valence-corrected chi connectivity index (χ3v) is 9.66. The molecule has 0 aliphatic heterocycles. The fourth-order valence-corrected chi connectivity index (χ4v) is 4.02. The number of carbonyl (C=O) groups is 1. The lowest BCUT2D eigenvalue weighted by Crippen LogP contribution is -2.42. The highest BCUT2D eigenvalue weighted by Gasteiger charge is 2.46. The molecule has 0 unspecified atom stereocenters. The van der Waals surface area contributed by atoms with Gasteiger partial charge in [-0.15, -0.1) is 0 Å². The molecule has 2 rings (SSSR count). The minimum atomic E-state index is -1.63. The zero-order chi connectivity index (χ0) is 12.8. The maximum atomic E-state index is 11.7. The van der Waals surface area contributed by atoms with Gasteiger partial charge in [-0.25, -0.2) is 0 Å². The minimum Gasteiger partial charge on any atom is -0.417 e. The van der Waals surface area contributed by atoms with Gasteiger partial charge >= 0.3 is 0 Å². The van der Waals surface area contributed by atoms with E-state index in [4.69, 9.17) is 4.43 Å². The van der Waals surface area contributed by atoms with Crippen molar-refractivity contribution in [3.05, 3.63) is 0 Å². The molecular formula is C14H26O2Si. The lowest BCUT2D eigenvalue weighted by atomic mass is 9.89. The van der Waals surface area contributed by atoms with Crippen LogP contribution >= 0.6 is 0 Å². The van der Waals surface area contributed by atoms with E-state index in [1.165, 1.54) is 6.42 Å². The third kappa shape index (κ3) is 2.50. The molecular weight excluding hydrogens is 228 g/mol. The molecule has 2 bridgehead atoms. The summed E-state index contributed by atoms with van der Waals surface area (Å²) in [4.78, 5) is 11.7. The smallest absolute Gasteiger partial charge is 0.191 e. The van der Waals surface area contributed by atoms with Gasteiger partial charge in [0.2, 0.25) is 0 Å². The molecule has 17 heavy (non-hydrogen) atoms. The molecule has 2 aliphatic carbocycles. The molecule has 0 aromatic rings. The van der Waals surface area contributed by atoms with Gasteiger partial charge in [0, 0.05) is 18.9 Å². The van der Waals surface area contributed by atoms with Crippen LogP contribution in [0, 0.1) is 17.8 Å². The van der Waals surface area contributed by atoms with Gasteiger partial charge in [0.05, 0.1) is 0 Å². The second-order valence-corrected chi connectivity index (χ2v) is 12.3. The number of rotatable bonds is 3. The first-order chi connectivity index (χ1) is 7.71. The second kappa shape index (κ2) is 4.20. The Morgan fingerprint density at radius 2 is 1.94 bits per heavy atom. The second-order valence-electron chi connectivity index (χ2n) is 7.45. The Kier molecular flexibility index (Phi) is 3.28. The normalized spacial score (nSPS) is 33.5. The van der Waals surface area contributed by atoms with Crippen LogP contribution in [-0.4, -0.2) is 20.7 Å². The molecule has 0 spiro atoms. The van der Waals surface area contributed by atoms with Gasteiger partial charge in [0.1, 0.15) is 5.78 Å². The maximum absolute atomic E-state index is 11.7. The van der Waals surface area contributed by atoms with E-state index >= 15 is 0 Å². The number of hydrogen-bond acceptors (Lipinski definition) is 2. The lowest BCUT2D eigenvalue weighted by molar-refractivity contribution is -0.123. The summed E-state index contributed by atoms with van der Waals surface area (Å²) in [5.41, 5.74) is 0. The zero-order valence-electron chi connectivity index (χ0n) is 11.9. The van der Waals surface area contributed by atoms with Crippen molar-refractivity contribution in [3.63, 3.8) is 0 Å². The summed E-state index contributed by atoms with van der Waals surface area (Å²) in [5.74, 6) is 2.05. The van der Waals surface area contributed by atoms with Crippen LogP contribution in [0.5, 0.6) is 0 Å². The standard InChI is InChI=1S/C14H26O2Si/c1-14(2,3)17(4,5)16-9-11-6-10-7-12(11)13(15)8-10/h10-12H,6-9H2,1-5H3/t10-,11-,12-/m1/s1. The first-order valence-electron chi connectivity index (χ1n) is 6.87. The van der Waals surface area contributed by atoms with E-state index in [9.17, 15) is 4.79 Å². The van der Waals surface area contributed by atoms with Crippen molar-refractivity contribution < 1.29 is 9.22 Å². The monoisotopic (exact) mass is 254 g/mol. The Balaban J connectivity index is 1.90. The molecule has 0 saturated heterocycles. The van der Waals surface area contributed by atoms with Crippen LogP contribution in [0.4, 0.5) is 0 Å². The molecule has 0 aromatic carbocycles. The largest absolute Gasteiger partial charge is 0.417 e. The average Bonchev–Trinajstić information content (AvgIpc) is 2.71. The molecule has 98 valence electrons. The fraction of sp³-hybridized carbons (Fsp3) is 0.929. The predicted octanol–water partition coefficient (Wildman–Crippen LogP) is 3.62. The number of ketones is 1. The highest BCUT2D eigenvalue weighted by atomic mass is 28.4. The maximum Gasteiger partial charge on any atom is 0.191 e. The van der Waals surface area contributed by atoms with E-state index in [0.29, 0.717) is 23.5 Å². The van der Waals surface area contributed by atoms with Crippen LogP contribution in [0.2, 0.25) is 18.1 Å². The quantitative estimate of drug-likeness (QED) is 0.719. The Labute approximate surface area is 106 Å². The van der Waals surface area contributed by atoms with E-state index in [1.807, 2.05) is 0 Å². The molecule has 0 aromatic heterocycles. The van der Waals surface area contributed by atoms with E-state index in [1.54, 1.807) is 0 Å². The molecule has 0 heterocycles. The van der Waals surface area contributed by atoms with Crippen molar-refractivity contribution in [2.75, 3.05) is 6.61 Å². The Bertz CT molecular complexity index is 317. The van der Waals surface area contributed by atoms with Gasteiger partial charge in [0.15, 0.2) is 8.32 Å². The van der Waals surface area contributed by atoms with Crippen LogP contribution in [0.1, 0.15) is 40.0 Å². The van der Waals surface area contributed by atoms with Gasteiger partial charge in [-0.2, -0.15) is 0 Å². The van der Waals surface area contributed by atoms with Crippen molar-refractivity contribution in [2.45, 2.75) is 58.2 Å². The van der Waals surface area contributed by atoms with E-state index < -0.39 is 8.32 Å². The molecule has 2 fully saturated rings. The van der Waals surface area contributed by atoms with Crippen molar-refractivity contribution >= 4 is 14.1 Å². The zero-order valence-corrected chi connectivity index (χ0v) is 12.9. The summed E-state index contributed by atoms with van der Waals surface area (Å²) in [6.07, 6.45) is 3.22. The van der Waals surface area contributed by atoms with Crippen molar-refractivity contribution in [1.29, 1.82) is 0 Å². The van der Waals surface area contributed by atoms with E-state index in [-0.39, 0.29) is 5.04 Å². The van der Waals surface area contributed by atoms with Gasteiger partial charge in [-0.3, -0.25) is 4.79 Å². The molecule has 0 radical (unpaired) electrons. The summed E-state index contributed by atoms with van der Waals surface area (Å²) < 4.78 is 6.27. The van der Waals surface area contributed by atoms with Crippen LogP contribution < -0.4 is 0 Å². The highest BCUT2D eigenvalue weighted by molar-refractivity contribution is 6.74. The first kappa shape index (κ1) is 13.3. The van der Waals surface area contributed by atoms with Crippen LogP contribution in [-0.2, 0) is 9.22 Å². The van der Waals surface area contributed by atoms with Crippen LogP contribution in [0.25, 0.3) is 0 Å². The Morgan fingerprint density at radius 1 is 1.29 bits per heavy atom. The lowest BCUT2D eigenvalue weighted by Gasteiger charge is -2.37. The first-order valence-corrected chi connectivity index (χ1v) is 9.78. The molecule has 0 N–H and O–H groups in total. The summed E-state index contributed by atoms with van der Waals surface area (Å²) in [7, 11) is -1.63. The average molecular weight is 254 g/mol. The molecule has 3 heteroatoms. The molecule has 0 amide bonds. The van der Waals surface area contributed by atoms with Crippen molar-refractivity contribution in [1.82, 2.24) is 0 Å². The summed E-state index contributed by atoms with van der Waals surface area (Å²) in [5, 5.41) is 0.272. The molecule has 2 saturated carbocycles. The fourth-order valence-electron chi connectivity index (χ4n) is 2.95. The Morgan fingerprint density at radius 3 is 2.41 bits per heavy atom. The number of fused-ring (bicyclic) bond motifs is 2. The third-order valence-electron chi connectivity index (χ3n) is 5.16. The van der Waals surface area contributed by atoms with Gasteiger partial charge in [-0.1, -0.05) is 20.8 Å². The van der Waals surface area contributed by atoms with Gasteiger partial charge in [0.25, 0.3) is 0 Å². The number of hydrogen-bond donors (Lipinski definition) is 0. The van der Waals surface area contributed by atoms with Crippen LogP contribution in [0.3, 0.4) is 0 Å². The highest BCUT2D eigenvalue weighted by Crippen LogP contribution is 2.47. The van der Waals surface area contributed by atoms with Crippen molar-refractivity contribution in [3.8, 4) is 0 Å². The Hall–Kier alpha value is -0.153. The summed E-state index contributed by atoms with van der Waals surface area (Å²) in [6.45, 7) is 12.2. The topological polar surface area (TPSA) is 26.3 Å². The number of Topliss-reactive ketones (excluding diaryl/α,β-unsaturated/α-hetero) is 1. The van der Waals surface area contributed by atoms with E-state index in [0.717, 1.165) is 19.4 Å². The predicted molar refractivity (Wildman–Crippen MR) is 72.5 cm³/mol.